The summed E-state index contributed by atoms with van der Waals surface area (Å²) in [5.74, 6) is 0.340. The SMILES string of the molecule is Cc1csc(C(=O)Nc2nnc(SCC(=O)N3CCCCC3)s2)c1. The summed E-state index contributed by atoms with van der Waals surface area (Å²) >= 11 is 4.07. The van der Waals surface area contributed by atoms with E-state index in [2.05, 4.69) is 15.5 Å². The van der Waals surface area contributed by atoms with E-state index in [4.69, 9.17) is 0 Å². The molecule has 0 bridgehead atoms. The standard InChI is InChI=1S/C15H18N4O2S3/c1-10-7-11(22-8-10)13(21)16-14-17-18-15(24-14)23-9-12(20)19-5-3-2-4-6-19/h7-8H,2-6,9H2,1H3,(H,16,17,21). The quantitative estimate of drug-likeness (QED) is 0.634. The molecule has 2 aromatic rings. The Morgan fingerprint density at radius 3 is 2.79 bits per heavy atom. The van der Waals surface area contributed by atoms with Crippen molar-refractivity contribution in [1.29, 1.82) is 0 Å². The molecule has 0 spiro atoms. The van der Waals surface area contributed by atoms with Crippen molar-refractivity contribution in [2.24, 2.45) is 0 Å². The molecule has 3 rings (SSSR count). The molecule has 128 valence electrons. The monoisotopic (exact) mass is 382 g/mol. The van der Waals surface area contributed by atoms with Crippen molar-refractivity contribution in [3.8, 4) is 0 Å². The highest BCUT2D eigenvalue weighted by atomic mass is 32.2. The van der Waals surface area contributed by atoms with Crippen LogP contribution in [0.15, 0.2) is 15.8 Å². The lowest BCUT2D eigenvalue weighted by Crippen LogP contribution is -2.36. The van der Waals surface area contributed by atoms with Gasteiger partial charge in [-0.2, -0.15) is 0 Å². The average molecular weight is 383 g/mol. The molecule has 1 N–H and O–H groups in total. The molecular weight excluding hydrogens is 364 g/mol. The van der Waals surface area contributed by atoms with Crippen LogP contribution in [0.2, 0.25) is 0 Å². The highest BCUT2D eigenvalue weighted by Gasteiger charge is 2.18. The first-order valence-electron chi connectivity index (χ1n) is 7.72. The van der Waals surface area contributed by atoms with Gasteiger partial charge in [-0.15, -0.1) is 21.5 Å². The minimum absolute atomic E-state index is 0.148. The van der Waals surface area contributed by atoms with Crippen molar-refractivity contribution in [2.75, 3.05) is 24.2 Å². The molecule has 9 heteroatoms. The Morgan fingerprint density at radius 1 is 1.29 bits per heavy atom. The molecule has 0 atom stereocenters. The van der Waals surface area contributed by atoms with E-state index in [1.165, 1.54) is 40.9 Å². The molecule has 1 fully saturated rings. The highest BCUT2D eigenvalue weighted by Crippen LogP contribution is 2.27. The number of carbonyl (C=O) groups excluding carboxylic acids is 2. The van der Waals surface area contributed by atoms with Crippen LogP contribution < -0.4 is 5.32 Å². The van der Waals surface area contributed by atoms with Gasteiger partial charge in [-0.25, -0.2) is 0 Å². The van der Waals surface area contributed by atoms with Crippen molar-refractivity contribution < 1.29 is 9.59 Å². The lowest BCUT2D eigenvalue weighted by Gasteiger charge is -2.26. The van der Waals surface area contributed by atoms with Crippen LogP contribution in [0.25, 0.3) is 0 Å². The van der Waals surface area contributed by atoms with Gasteiger partial charge >= 0.3 is 0 Å². The second-order valence-corrected chi connectivity index (χ2v) is 8.66. The van der Waals surface area contributed by atoms with Gasteiger partial charge in [-0.3, -0.25) is 14.9 Å². The number of carbonyl (C=O) groups is 2. The number of thioether (sulfide) groups is 1. The van der Waals surface area contributed by atoms with Crippen LogP contribution >= 0.6 is 34.4 Å². The third-order valence-electron chi connectivity index (χ3n) is 3.61. The molecule has 2 aromatic heterocycles. The second kappa shape index (κ2) is 8.09. The van der Waals surface area contributed by atoms with Gasteiger partial charge in [0.2, 0.25) is 11.0 Å². The van der Waals surface area contributed by atoms with Crippen molar-refractivity contribution in [3.63, 3.8) is 0 Å². The number of aryl methyl sites for hydroxylation is 1. The molecule has 0 aromatic carbocycles. The largest absolute Gasteiger partial charge is 0.342 e. The van der Waals surface area contributed by atoms with Crippen molar-refractivity contribution in [2.45, 2.75) is 30.5 Å². The Labute approximate surface area is 152 Å². The number of nitrogens with zero attached hydrogens (tertiary/aromatic N) is 3. The molecular formula is C15H18N4O2S3. The maximum absolute atomic E-state index is 12.1. The van der Waals surface area contributed by atoms with E-state index in [1.54, 1.807) is 0 Å². The molecule has 0 radical (unpaired) electrons. The third-order valence-corrected chi connectivity index (χ3v) is 6.61. The summed E-state index contributed by atoms with van der Waals surface area (Å²) in [7, 11) is 0. The summed E-state index contributed by atoms with van der Waals surface area (Å²) in [6.45, 7) is 3.67. The van der Waals surface area contributed by atoms with Crippen molar-refractivity contribution in [3.05, 3.63) is 21.9 Å². The minimum atomic E-state index is -0.176. The molecule has 1 aliphatic heterocycles. The van der Waals surface area contributed by atoms with Gasteiger partial charge in [0.1, 0.15) is 0 Å². The summed E-state index contributed by atoms with van der Waals surface area (Å²) in [5, 5.41) is 13.2. The van der Waals surface area contributed by atoms with E-state index in [0.717, 1.165) is 31.5 Å². The number of rotatable bonds is 5. The first-order chi connectivity index (χ1) is 11.6. The molecule has 24 heavy (non-hydrogen) atoms. The van der Waals surface area contributed by atoms with Gasteiger partial charge < -0.3 is 4.90 Å². The number of anilines is 1. The average Bonchev–Trinajstić information content (AvgIpc) is 3.22. The van der Waals surface area contributed by atoms with Crippen LogP contribution in [0.1, 0.15) is 34.5 Å². The summed E-state index contributed by atoms with van der Waals surface area (Å²) in [4.78, 5) is 26.8. The van der Waals surface area contributed by atoms with E-state index in [1.807, 2.05) is 23.3 Å². The number of amides is 2. The molecule has 6 nitrogen and oxygen atoms in total. The number of thiophene rings is 1. The normalized spacial score (nSPS) is 14.6. The van der Waals surface area contributed by atoms with Gasteiger partial charge in [0.15, 0.2) is 4.34 Å². The molecule has 3 heterocycles. The number of nitrogens with one attached hydrogen (secondary N) is 1. The molecule has 1 saturated heterocycles. The maximum Gasteiger partial charge on any atom is 0.267 e. The zero-order valence-corrected chi connectivity index (χ0v) is 15.7. The van der Waals surface area contributed by atoms with Gasteiger partial charge in [-0.1, -0.05) is 23.1 Å². The number of likely N-dealkylation sites (tertiary alicyclic amines) is 1. The van der Waals surface area contributed by atoms with Crippen LogP contribution in [0, 0.1) is 6.92 Å². The second-order valence-electron chi connectivity index (χ2n) is 5.55. The van der Waals surface area contributed by atoms with E-state index in [9.17, 15) is 9.59 Å². The van der Waals surface area contributed by atoms with Crippen LogP contribution in [-0.2, 0) is 4.79 Å². The van der Waals surface area contributed by atoms with E-state index in [0.29, 0.717) is 20.1 Å². The summed E-state index contributed by atoms with van der Waals surface area (Å²) < 4.78 is 0.693. The molecule has 0 aliphatic carbocycles. The topological polar surface area (TPSA) is 75.2 Å². The zero-order chi connectivity index (χ0) is 16.9. The highest BCUT2D eigenvalue weighted by molar-refractivity contribution is 8.01. The fraction of sp³-hybridized carbons (Fsp3) is 0.467. The lowest BCUT2D eigenvalue weighted by atomic mass is 10.1. The van der Waals surface area contributed by atoms with Crippen molar-refractivity contribution >= 4 is 51.4 Å². The molecule has 2 amide bonds. The third kappa shape index (κ3) is 4.55. The van der Waals surface area contributed by atoms with Gasteiger partial charge in [0, 0.05) is 13.1 Å². The molecule has 0 unspecified atom stereocenters. The van der Waals surface area contributed by atoms with E-state index >= 15 is 0 Å². The smallest absolute Gasteiger partial charge is 0.267 e. The van der Waals surface area contributed by atoms with E-state index < -0.39 is 0 Å². The first-order valence-corrected chi connectivity index (χ1v) is 10.4. The Balaban J connectivity index is 1.50. The van der Waals surface area contributed by atoms with Gasteiger partial charge in [-0.05, 0) is 43.2 Å². The van der Waals surface area contributed by atoms with E-state index in [-0.39, 0.29) is 11.8 Å². The number of hydrogen-bond acceptors (Lipinski definition) is 7. The van der Waals surface area contributed by atoms with Crippen LogP contribution in [-0.4, -0.2) is 45.8 Å². The van der Waals surface area contributed by atoms with Crippen LogP contribution in [0.3, 0.4) is 0 Å². The Kier molecular flexibility index (Phi) is 5.85. The Morgan fingerprint density at radius 2 is 2.08 bits per heavy atom. The molecule has 0 saturated carbocycles. The predicted molar refractivity (Wildman–Crippen MR) is 98.1 cm³/mol. The minimum Gasteiger partial charge on any atom is -0.342 e. The number of aromatic nitrogens is 2. The van der Waals surface area contributed by atoms with Crippen LogP contribution in [0.5, 0.6) is 0 Å². The van der Waals surface area contributed by atoms with Gasteiger partial charge in [0.25, 0.3) is 5.91 Å². The lowest BCUT2D eigenvalue weighted by molar-refractivity contribution is -0.129. The fourth-order valence-corrected chi connectivity index (χ4v) is 4.83. The number of hydrogen-bond donors (Lipinski definition) is 1. The Bertz CT molecular complexity index is 722. The van der Waals surface area contributed by atoms with Gasteiger partial charge in [0.05, 0.1) is 10.6 Å². The Hall–Kier alpha value is -1.45. The predicted octanol–water partition coefficient (Wildman–Crippen LogP) is 3.26. The fourth-order valence-electron chi connectivity index (χ4n) is 2.39. The van der Waals surface area contributed by atoms with Crippen molar-refractivity contribution in [1.82, 2.24) is 15.1 Å². The number of piperidine rings is 1. The van der Waals surface area contributed by atoms with Crippen LogP contribution in [0.4, 0.5) is 5.13 Å². The summed E-state index contributed by atoms with van der Waals surface area (Å²) in [6.07, 6.45) is 3.39. The first kappa shape index (κ1) is 17.4. The summed E-state index contributed by atoms with van der Waals surface area (Å²) in [6, 6.07) is 1.84. The summed E-state index contributed by atoms with van der Waals surface area (Å²) in [5.41, 5.74) is 1.06. The maximum atomic E-state index is 12.1. The zero-order valence-electron chi connectivity index (χ0n) is 13.3. The molecule has 1 aliphatic rings.